The molecule has 0 saturated carbocycles. The number of rotatable bonds is 8. The second-order valence-corrected chi connectivity index (χ2v) is 7.98. The molecule has 0 bridgehead atoms. The first-order chi connectivity index (χ1) is 17.1. The Morgan fingerprint density at radius 1 is 0.714 bits per heavy atom. The van der Waals surface area contributed by atoms with E-state index in [0.717, 1.165) is 5.56 Å². The first-order valence-electron chi connectivity index (χ1n) is 11.2. The number of ether oxygens (including phenoxy) is 4. The van der Waals surface area contributed by atoms with Crippen LogP contribution >= 0.6 is 0 Å². The monoisotopic (exact) mass is 478 g/mol. The van der Waals surface area contributed by atoms with Crippen LogP contribution in [0.2, 0.25) is 0 Å². The van der Waals surface area contributed by atoms with Crippen molar-refractivity contribution in [3.8, 4) is 0 Å². The van der Waals surface area contributed by atoms with Crippen LogP contribution in [0.4, 0.5) is 0 Å². The van der Waals surface area contributed by atoms with Gasteiger partial charge in [0.15, 0.2) is 18.5 Å². The summed E-state index contributed by atoms with van der Waals surface area (Å²) < 4.78 is 22.8. The van der Waals surface area contributed by atoms with E-state index in [1.807, 2.05) is 30.3 Å². The van der Waals surface area contributed by atoms with Gasteiger partial charge in [-0.1, -0.05) is 66.7 Å². The molecular weight excluding hydrogens is 452 g/mol. The van der Waals surface area contributed by atoms with Gasteiger partial charge < -0.3 is 29.2 Å². The molecule has 1 aliphatic rings. The molecule has 5 atom stereocenters. The van der Waals surface area contributed by atoms with Gasteiger partial charge in [-0.25, -0.2) is 9.59 Å². The molecule has 0 spiro atoms. The second kappa shape index (κ2) is 11.7. The largest absolute Gasteiger partial charge is 0.452 e. The lowest BCUT2D eigenvalue weighted by atomic mass is 9.98. The molecule has 3 aromatic rings. The summed E-state index contributed by atoms with van der Waals surface area (Å²) in [7, 11) is 0. The average Bonchev–Trinajstić information content (AvgIpc) is 2.91. The average molecular weight is 478 g/mol. The molecule has 0 unspecified atom stereocenters. The summed E-state index contributed by atoms with van der Waals surface area (Å²) in [6.07, 6.45) is -6.40. The third-order valence-corrected chi connectivity index (χ3v) is 5.58. The molecule has 1 fully saturated rings. The van der Waals surface area contributed by atoms with E-state index in [0.29, 0.717) is 0 Å². The maximum Gasteiger partial charge on any atom is 0.338 e. The van der Waals surface area contributed by atoms with Crippen molar-refractivity contribution in [3.63, 3.8) is 0 Å². The minimum absolute atomic E-state index is 0.0778. The van der Waals surface area contributed by atoms with Crippen LogP contribution in [0.3, 0.4) is 0 Å². The molecular formula is C27H26O8. The number of benzene rings is 3. The standard InChI is InChI=1S/C27H26O8/c28-16-21-22(34-25(29)19-12-6-2-7-13-19)23(35-26(30)20-14-8-3-9-15-20)24(27(31)33-21)32-17-18-10-4-1-5-11-18/h1-15,21-24,27-28,31H,16-17H2/t21-,22+,23+,24-,27-/m0/s1. The Bertz CT molecular complexity index is 1090. The molecule has 0 aromatic heterocycles. The minimum Gasteiger partial charge on any atom is -0.452 e. The van der Waals surface area contributed by atoms with E-state index in [-0.39, 0.29) is 17.7 Å². The molecule has 2 N–H and O–H groups in total. The highest BCUT2D eigenvalue weighted by molar-refractivity contribution is 5.90. The van der Waals surface area contributed by atoms with Crippen LogP contribution in [0.25, 0.3) is 0 Å². The minimum atomic E-state index is -1.55. The second-order valence-electron chi connectivity index (χ2n) is 7.98. The topological polar surface area (TPSA) is 112 Å². The van der Waals surface area contributed by atoms with Gasteiger partial charge in [-0.05, 0) is 29.8 Å². The highest BCUT2D eigenvalue weighted by atomic mass is 16.7. The number of hydrogen-bond acceptors (Lipinski definition) is 8. The van der Waals surface area contributed by atoms with Crippen molar-refractivity contribution in [1.82, 2.24) is 0 Å². The van der Waals surface area contributed by atoms with Crippen LogP contribution in [0.15, 0.2) is 91.0 Å². The van der Waals surface area contributed by atoms with E-state index in [9.17, 15) is 19.8 Å². The molecule has 0 aliphatic carbocycles. The molecule has 8 heteroatoms. The van der Waals surface area contributed by atoms with Gasteiger partial charge in [-0.15, -0.1) is 0 Å². The van der Waals surface area contributed by atoms with Gasteiger partial charge in [-0.2, -0.15) is 0 Å². The van der Waals surface area contributed by atoms with Crippen molar-refractivity contribution >= 4 is 11.9 Å². The normalized spacial score (nSPS) is 23.9. The predicted molar refractivity (Wildman–Crippen MR) is 124 cm³/mol. The lowest BCUT2D eigenvalue weighted by Gasteiger charge is -2.43. The molecule has 1 aliphatic heterocycles. The van der Waals surface area contributed by atoms with Crippen molar-refractivity contribution in [2.75, 3.05) is 6.61 Å². The van der Waals surface area contributed by atoms with Crippen molar-refractivity contribution in [1.29, 1.82) is 0 Å². The molecule has 3 aromatic carbocycles. The number of carbonyl (C=O) groups is 2. The zero-order valence-electron chi connectivity index (χ0n) is 18.8. The van der Waals surface area contributed by atoms with E-state index in [4.69, 9.17) is 18.9 Å². The van der Waals surface area contributed by atoms with Gasteiger partial charge in [0.25, 0.3) is 0 Å². The number of hydrogen-bond donors (Lipinski definition) is 2. The Balaban J connectivity index is 1.62. The molecule has 4 rings (SSSR count). The third kappa shape index (κ3) is 6.12. The molecule has 0 radical (unpaired) electrons. The van der Waals surface area contributed by atoms with Crippen molar-refractivity contribution in [2.45, 2.75) is 37.3 Å². The van der Waals surface area contributed by atoms with Crippen molar-refractivity contribution in [2.24, 2.45) is 0 Å². The fourth-order valence-corrected chi connectivity index (χ4v) is 3.79. The Hall–Kier alpha value is -3.56. The van der Waals surface area contributed by atoms with Gasteiger partial charge in [0.2, 0.25) is 0 Å². The maximum absolute atomic E-state index is 12.9. The van der Waals surface area contributed by atoms with E-state index >= 15 is 0 Å². The summed E-state index contributed by atoms with van der Waals surface area (Å²) in [5, 5.41) is 20.6. The summed E-state index contributed by atoms with van der Waals surface area (Å²) in [6.45, 7) is -0.511. The SMILES string of the molecule is O=C(O[C@@H]1[C@H](OC(=O)c2ccccc2)[C@H](CO)O[C@H](O)[C@H]1OCc1ccccc1)c1ccccc1. The molecule has 8 nitrogen and oxygen atoms in total. The zero-order chi connectivity index (χ0) is 24.6. The molecule has 1 heterocycles. The summed E-state index contributed by atoms with van der Waals surface area (Å²) in [4.78, 5) is 25.8. The first-order valence-corrected chi connectivity index (χ1v) is 11.2. The Morgan fingerprint density at radius 2 is 1.20 bits per heavy atom. The lowest BCUT2D eigenvalue weighted by molar-refractivity contribution is -0.296. The highest BCUT2D eigenvalue weighted by Crippen LogP contribution is 2.29. The smallest absolute Gasteiger partial charge is 0.338 e. The summed E-state index contributed by atoms with van der Waals surface area (Å²) in [5.74, 6) is -1.40. The van der Waals surface area contributed by atoms with Crippen LogP contribution in [0, 0.1) is 0 Å². The van der Waals surface area contributed by atoms with Crippen LogP contribution in [0.5, 0.6) is 0 Å². The van der Waals surface area contributed by atoms with Gasteiger partial charge in [0, 0.05) is 0 Å². The fourth-order valence-electron chi connectivity index (χ4n) is 3.79. The van der Waals surface area contributed by atoms with Crippen LogP contribution in [-0.4, -0.2) is 59.5 Å². The van der Waals surface area contributed by atoms with Crippen LogP contribution in [0.1, 0.15) is 26.3 Å². The van der Waals surface area contributed by atoms with E-state index in [1.165, 1.54) is 0 Å². The van der Waals surface area contributed by atoms with Crippen molar-refractivity contribution in [3.05, 3.63) is 108 Å². The van der Waals surface area contributed by atoms with Gasteiger partial charge in [0.1, 0.15) is 12.2 Å². The Morgan fingerprint density at radius 3 is 1.71 bits per heavy atom. The number of esters is 2. The highest BCUT2D eigenvalue weighted by Gasteiger charge is 2.50. The predicted octanol–water partition coefficient (Wildman–Crippen LogP) is 2.73. The maximum atomic E-state index is 12.9. The van der Waals surface area contributed by atoms with E-state index in [1.54, 1.807) is 60.7 Å². The summed E-state index contributed by atoms with van der Waals surface area (Å²) in [6, 6.07) is 25.7. The Kier molecular flexibility index (Phi) is 8.23. The van der Waals surface area contributed by atoms with Crippen LogP contribution in [-0.2, 0) is 25.6 Å². The van der Waals surface area contributed by atoms with Gasteiger partial charge in [0.05, 0.1) is 24.3 Å². The molecule has 35 heavy (non-hydrogen) atoms. The fraction of sp³-hybridized carbons (Fsp3) is 0.259. The van der Waals surface area contributed by atoms with E-state index in [2.05, 4.69) is 0 Å². The van der Waals surface area contributed by atoms with Crippen LogP contribution < -0.4 is 0 Å². The molecule has 1 saturated heterocycles. The third-order valence-electron chi connectivity index (χ3n) is 5.58. The van der Waals surface area contributed by atoms with Gasteiger partial charge in [-0.3, -0.25) is 0 Å². The summed E-state index contributed by atoms with van der Waals surface area (Å²) in [5.41, 5.74) is 1.35. The Labute approximate surface area is 202 Å². The number of carbonyl (C=O) groups excluding carboxylic acids is 2. The molecule has 182 valence electrons. The van der Waals surface area contributed by atoms with E-state index < -0.39 is 49.3 Å². The lowest BCUT2D eigenvalue weighted by Crippen LogP contribution is -2.62. The number of aliphatic hydroxyl groups is 2. The number of aliphatic hydroxyl groups excluding tert-OH is 2. The summed E-state index contributed by atoms with van der Waals surface area (Å²) >= 11 is 0. The van der Waals surface area contributed by atoms with Crippen molar-refractivity contribution < 1.29 is 38.7 Å². The van der Waals surface area contributed by atoms with Gasteiger partial charge >= 0.3 is 11.9 Å². The molecule has 0 amide bonds. The quantitative estimate of drug-likeness (QED) is 0.476. The zero-order valence-corrected chi connectivity index (χ0v) is 18.8. The first kappa shape index (κ1) is 24.6.